The molecule has 1 aromatic carbocycles. The fraction of sp³-hybridized carbons (Fsp3) is 0.562. The second-order valence-corrected chi connectivity index (χ2v) is 7.77. The highest BCUT2D eigenvalue weighted by Crippen LogP contribution is 2.35. The van der Waals surface area contributed by atoms with Gasteiger partial charge in [0.2, 0.25) is 0 Å². The first-order chi connectivity index (χ1) is 10.7. The third-order valence-corrected chi connectivity index (χ3v) is 4.43. The minimum atomic E-state index is -0.536. The van der Waals surface area contributed by atoms with Crippen LogP contribution in [0.4, 0.5) is 9.18 Å². The molecule has 128 valence electrons. The number of benzene rings is 1. The van der Waals surface area contributed by atoms with E-state index in [-0.39, 0.29) is 21.6 Å². The summed E-state index contributed by atoms with van der Waals surface area (Å²) in [5.74, 6) is -0.125. The van der Waals surface area contributed by atoms with Gasteiger partial charge in [-0.2, -0.15) is 0 Å². The van der Waals surface area contributed by atoms with Crippen molar-refractivity contribution in [1.82, 2.24) is 5.32 Å². The number of rotatable bonds is 3. The molecule has 0 unspecified atom stereocenters. The van der Waals surface area contributed by atoms with E-state index in [9.17, 15) is 9.18 Å². The van der Waals surface area contributed by atoms with Crippen molar-refractivity contribution < 1.29 is 18.7 Å². The number of hydrogen-bond donors (Lipinski definition) is 1. The largest absolute Gasteiger partial charge is 0.489 e. The second kappa shape index (κ2) is 7.26. The summed E-state index contributed by atoms with van der Waals surface area (Å²) in [6.45, 7) is 5.46. The number of carbonyl (C=O) groups is 1. The first-order valence-corrected chi connectivity index (χ1v) is 8.62. The Balaban J connectivity index is 1.89. The third-order valence-electron chi connectivity index (χ3n) is 3.40. The van der Waals surface area contributed by atoms with E-state index in [0.717, 1.165) is 12.8 Å². The van der Waals surface area contributed by atoms with Gasteiger partial charge in [-0.25, -0.2) is 9.18 Å². The smallest absolute Gasteiger partial charge is 0.407 e. The monoisotopic (exact) mass is 407 g/mol. The molecule has 0 radical (unpaired) electrons. The maximum absolute atomic E-state index is 13.7. The number of halogens is 3. The topological polar surface area (TPSA) is 47.6 Å². The van der Waals surface area contributed by atoms with Crippen molar-refractivity contribution >= 4 is 33.6 Å². The Labute approximate surface area is 148 Å². The van der Waals surface area contributed by atoms with E-state index >= 15 is 0 Å². The molecule has 2 atom stereocenters. The highest BCUT2D eigenvalue weighted by Gasteiger charge is 2.29. The molecule has 1 N–H and O–H groups in total. The fourth-order valence-corrected chi connectivity index (χ4v) is 3.14. The number of ether oxygens (including phenoxy) is 2. The van der Waals surface area contributed by atoms with E-state index in [4.69, 9.17) is 21.1 Å². The molecule has 2 rings (SSSR count). The van der Waals surface area contributed by atoms with Gasteiger partial charge in [0.25, 0.3) is 0 Å². The van der Waals surface area contributed by atoms with Gasteiger partial charge in [-0.3, -0.25) is 0 Å². The lowest BCUT2D eigenvalue weighted by atomic mass is 10.2. The molecule has 1 aliphatic rings. The zero-order valence-electron chi connectivity index (χ0n) is 13.3. The van der Waals surface area contributed by atoms with Gasteiger partial charge in [0, 0.05) is 12.5 Å². The summed E-state index contributed by atoms with van der Waals surface area (Å²) >= 11 is 8.87. The van der Waals surface area contributed by atoms with Gasteiger partial charge in [-0.05, 0) is 61.7 Å². The van der Waals surface area contributed by atoms with Gasteiger partial charge in [0.15, 0.2) is 5.82 Å². The molecular formula is C16H20BrClFNO3. The van der Waals surface area contributed by atoms with Crippen LogP contribution in [0, 0.1) is 5.82 Å². The van der Waals surface area contributed by atoms with E-state index in [1.54, 1.807) is 6.07 Å². The maximum atomic E-state index is 13.7. The van der Waals surface area contributed by atoms with E-state index < -0.39 is 17.5 Å². The van der Waals surface area contributed by atoms with Crippen LogP contribution in [0.3, 0.4) is 0 Å². The molecule has 7 heteroatoms. The van der Waals surface area contributed by atoms with Crippen LogP contribution in [-0.4, -0.2) is 23.8 Å². The van der Waals surface area contributed by atoms with E-state index in [1.165, 1.54) is 6.07 Å². The molecule has 0 aromatic heterocycles. The highest BCUT2D eigenvalue weighted by molar-refractivity contribution is 9.10. The number of alkyl carbamates (subject to hydrolysis) is 1. The Morgan fingerprint density at radius 2 is 2.09 bits per heavy atom. The van der Waals surface area contributed by atoms with Crippen molar-refractivity contribution in [3.63, 3.8) is 0 Å². The summed E-state index contributed by atoms with van der Waals surface area (Å²) in [6.07, 6.45) is 1.69. The first-order valence-electron chi connectivity index (χ1n) is 7.45. The molecule has 1 aliphatic carbocycles. The molecule has 0 spiro atoms. The van der Waals surface area contributed by atoms with Crippen molar-refractivity contribution in [3.8, 4) is 5.75 Å². The quantitative estimate of drug-likeness (QED) is 0.711. The molecule has 0 heterocycles. The standard InChI is InChI=1S/C16H20BrClFNO3/c1-16(2,3)23-15(21)20-9-4-5-10(8-9)22-12-7-6-11(18)14(19)13(12)17/h6-7,9-10H,4-5,8H2,1-3H3,(H,20,21)/t9-,10+/m0/s1. The number of nitrogens with one attached hydrogen (secondary N) is 1. The van der Waals surface area contributed by atoms with Gasteiger partial charge in [-0.15, -0.1) is 0 Å². The maximum Gasteiger partial charge on any atom is 0.407 e. The van der Waals surface area contributed by atoms with E-state index in [0.29, 0.717) is 12.2 Å². The normalized spacial score (nSPS) is 21.1. The lowest BCUT2D eigenvalue weighted by Crippen LogP contribution is -2.38. The lowest BCUT2D eigenvalue weighted by molar-refractivity contribution is 0.0503. The third kappa shape index (κ3) is 5.24. The lowest BCUT2D eigenvalue weighted by Gasteiger charge is -2.22. The molecule has 1 fully saturated rings. The average Bonchev–Trinajstić information content (AvgIpc) is 2.84. The van der Waals surface area contributed by atoms with Crippen molar-refractivity contribution in [2.45, 2.75) is 57.8 Å². The van der Waals surface area contributed by atoms with Crippen LogP contribution in [0.25, 0.3) is 0 Å². The first kappa shape index (κ1) is 18.3. The molecule has 1 aromatic rings. The predicted molar refractivity (Wildman–Crippen MR) is 90.5 cm³/mol. The molecule has 0 saturated heterocycles. The summed E-state index contributed by atoms with van der Waals surface area (Å²) in [5, 5.41) is 2.88. The van der Waals surface area contributed by atoms with Crippen LogP contribution in [0.15, 0.2) is 16.6 Å². The van der Waals surface area contributed by atoms with E-state index in [2.05, 4.69) is 21.2 Å². The van der Waals surface area contributed by atoms with Crippen LogP contribution >= 0.6 is 27.5 Å². The van der Waals surface area contributed by atoms with Crippen molar-refractivity contribution in [2.75, 3.05) is 0 Å². The van der Waals surface area contributed by atoms with Crippen LogP contribution in [0.2, 0.25) is 5.02 Å². The van der Waals surface area contributed by atoms with Crippen LogP contribution in [0.5, 0.6) is 5.75 Å². The van der Waals surface area contributed by atoms with Crippen LogP contribution < -0.4 is 10.1 Å². The van der Waals surface area contributed by atoms with Crippen LogP contribution in [0.1, 0.15) is 40.0 Å². The van der Waals surface area contributed by atoms with Gasteiger partial charge >= 0.3 is 6.09 Å². The Morgan fingerprint density at radius 1 is 1.39 bits per heavy atom. The number of carbonyl (C=O) groups excluding carboxylic acids is 1. The van der Waals surface area contributed by atoms with E-state index in [1.807, 2.05) is 20.8 Å². The Morgan fingerprint density at radius 3 is 2.74 bits per heavy atom. The molecular weight excluding hydrogens is 389 g/mol. The highest BCUT2D eigenvalue weighted by atomic mass is 79.9. The molecule has 23 heavy (non-hydrogen) atoms. The number of amides is 1. The van der Waals surface area contributed by atoms with Crippen molar-refractivity contribution in [2.24, 2.45) is 0 Å². The number of hydrogen-bond acceptors (Lipinski definition) is 3. The summed E-state index contributed by atoms with van der Waals surface area (Å²) in [6, 6.07) is 3.08. The molecule has 0 aliphatic heterocycles. The minimum Gasteiger partial charge on any atom is -0.489 e. The summed E-state index contributed by atoms with van der Waals surface area (Å²) < 4.78 is 25.0. The SMILES string of the molecule is CC(C)(C)OC(=O)N[C@H]1CC[C@@H](Oc2ccc(Cl)c(F)c2Br)C1. The Bertz CT molecular complexity index is 591. The van der Waals surface area contributed by atoms with Crippen LogP contribution in [-0.2, 0) is 4.74 Å². The van der Waals surface area contributed by atoms with Crippen molar-refractivity contribution in [3.05, 3.63) is 27.4 Å². The summed E-state index contributed by atoms with van der Waals surface area (Å²) in [7, 11) is 0. The molecule has 0 bridgehead atoms. The summed E-state index contributed by atoms with van der Waals surface area (Å²) in [5.41, 5.74) is -0.524. The van der Waals surface area contributed by atoms with Crippen molar-refractivity contribution in [1.29, 1.82) is 0 Å². The zero-order chi connectivity index (χ0) is 17.2. The van der Waals surface area contributed by atoms with Gasteiger partial charge in [0.05, 0.1) is 9.50 Å². The van der Waals surface area contributed by atoms with Gasteiger partial charge in [-0.1, -0.05) is 11.6 Å². The molecule has 1 amide bonds. The molecule has 4 nitrogen and oxygen atoms in total. The fourth-order valence-electron chi connectivity index (χ4n) is 2.43. The van der Waals surface area contributed by atoms with Gasteiger partial charge in [0.1, 0.15) is 17.5 Å². The van der Waals surface area contributed by atoms with Gasteiger partial charge < -0.3 is 14.8 Å². The Hall–Kier alpha value is -1.01. The molecule has 1 saturated carbocycles. The Kier molecular flexibility index (Phi) is 5.79. The zero-order valence-corrected chi connectivity index (χ0v) is 15.6. The second-order valence-electron chi connectivity index (χ2n) is 6.57. The average molecular weight is 409 g/mol. The predicted octanol–water partition coefficient (Wildman–Crippen LogP) is 5.07. The summed E-state index contributed by atoms with van der Waals surface area (Å²) in [4.78, 5) is 11.8. The minimum absolute atomic E-state index is 0.00854.